The van der Waals surface area contributed by atoms with Gasteiger partial charge < -0.3 is 5.73 Å². The van der Waals surface area contributed by atoms with E-state index in [1.165, 1.54) is 4.31 Å². The van der Waals surface area contributed by atoms with Crippen molar-refractivity contribution in [3.63, 3.8) is 0 Å². The molecular weight excluding hydrogens is 266 g/mol. The van der Waals surface area contributed by atoms with E-state index in [0.717, 1.165) is 19.3 Å². The van der Waals surface area contributed by atoms with Crippen LogP contribution in [0.3, 0.4) is 0 Å². The molecule has 0 radical (unpaired) electrons. The van der Waals surface area contributed by atoms with Crippen LogP contribution in [0.1, 0.15) is 39.0 Å². The van der Waals surface area contributed by atoms with Crippen LogP contribution in [-0.4, -0.2) is 48.6 Å². The molecule has 2 saturated heterocycles. The highest BCUT2D eigenvalue weighted by molar-refractivity contribution is 7.86. The van der Waals surface area contributed by atoms with Crippen LogP contribution in [0, 0.1) is 5.92 Å². The van der Waals surface area contributed by atoms with Crippen molar-refractivity contribution in [3.8, 4) is 0 Å². The van der Waals surface area contributed by atoms with Gasteiger partial charge in [0, 0.05) is 31.6 Å². The van der Waals surface area contributed by atoms with Crippen LogP contribution < -0.4 is 5.73 Å². The number of primary amides is 1. The predicted molar refractivity (Wildman–Crippen MR) is 72.4 cm³/mol. The summed E-state index contributed by atoms with van der Waals surface area (Å²) in [6.07, 6.45) is 4.03. The van der Waals surface area contributed by atoms with Crippen molar-refractivity contribution in [2.45, 2.75) is 45.1 Å². The molecule has 110 valence electrons. The van der Waals surface area contributed by atoms with Gasteiger partial charge in [-0.25, -0.2) is 0 Å². The van der Waals surface area contributed by atoms with Crippen molar-refractivity contribution in [3.05, 3.63) is 0 Å². The van der Waals surface area contributed by atoms with Crippen molar-refractivity contribution in [2.24, 2.45) is 11.7 Å². The van der Waals surface area contributed by atoms with E-state index in [2.05, 4.69) is 0 Å². The smallest absolute Gasteiger partial charge is 0.282 e. The van der Waals surface area contributed by atoms with E-state index in [9.17, 15) is 13.2 Å². The number of rotatable bonds is 3. The maximum Gasteiger partial charge on any atom is 0.282 e. The Morgan fingerprint density at radius 3 is 2.26 bits per heavy atom. The lowest BCUT2D eigenvalue weighted by atomic mass is 9.98. The first kappa shape index (κ1) is 14.7. The van der Waals surface area contributed by atoms with Crippen molar-refractivity contribution >= 4 is 16.1 Å². The topological polar surface area (TPSA) is 83.7 Å². The van der Waals surface area contributed by atoms with Crippen molar-refractivity contribution in [1.29, 1.82) is 0 Å². The number of amides is 1. The van der Waals surface area contributed by atoms with E-state index < -0.39 is 10.2 Å². The second-order valence-electron chi connectivity index (χ2n) is 5.54. The van der Waals surface area contributed by atoms with Crippen LogP contribution in [-0.2, 0) is 15.0 Å². The monoisotopic (exact) mass is 289 g/mol. The number of hydrogen-bond donors (Lipinski definition) is 1. The molecule has 1 amide bonds. The molecule has 2 heterocycles. The van der Waals surface area contributed by atoms with Gasteiger partial charge in [-0.1, -0.05) is 6.42 Å². The highest BCUT2D eigenvalue weighted by Gasteiger charge is 2.37. The SMILES string of the molecule is CC1CCCCN1S(=O)(=O)N1CCC(C(N)=O)CC1. The van der Waals surface area contributed by atoms with Crippen LogP contribution in [0.25, 0.3) is 0 Å². The number of nitrogens with zero attached hydrogens (tertiary/aromatic N) is 2. The average molecular weight is 289 g/mol. The molecule has 0 spiro atoms. The summed E-state index contributed by atoms with van der Waals surface area (Å²) in [4.78, 5) is 11.1. The Labute approximate surface area is 115 Å². The number of hydrogen-bond acceptors (Lipinski definition) is 3. The van der Waals surface area contributed by atoms with Gasteiger partial charge >= 0.3 is 0 Å². The van der Waals surface area contributed by atoms with Gasteiger partial charge in [0.15, 0.2) is 0 Å². The summed E-state index contributed by atoms with van der Waals surface area (Å²) < 4.78 is 28.2. The summed E-state index contributed by atoms with van der Waals surface area (Å²) in [7, 11) is -3.37. The minimum atomic E-state index is -3.37. The third-order valence-corrected chi connectivity index (χ3v) is 6.37. The van der Waals surface area contributed by atoms with Crippen LogP contribution in [0.2, 0.25) is 0 Å². The second-order valence-corrected chi connectivity index (χ2v) is 7.42. The Hall–Kier alpha value is -0.660. The average Bonchev–Trinajstić information content (AvgIpc) is 2.39. The first-order valence-corrected chi connectivity index (χ1v) is 8.39. The second kappa shape index (κ2) is 5.76. The van der Waals surface area contributed by atoms with Gasteiger partial charge in [-0.05, 0) is 32.6 Å². The molecule has 19 heavy (non-hydrogen) atoms. The Bertz CT molecular complexity index is 430. The van der Waals surface area contributed by atoms with E-state index in [1.807, 2.05) is 6.92 Å². The van der Waals surface area contributed by atoms with Gasteiger partial charge in [-0.15, -0.1) is 0 Å². The van der Waals surface area contributed by atoms with Crippen LogP contribution in [0.5, 0.6) is 0 Å². The zero-order valence-electron chi connectivity index (χ0n) is 11.4. The molecule has 0 saturated carbocycles. The zero-order valence-corrected chi connectivity index (χ0v) is 12.2. The molecule has 0 aliphatic carbocycles. The number of carbonyl (C=O) groups is 1. The molecule has 6 nitrogen and oxygen atoms in total. The summed E-state index contributed by atoms with van der Waals surface area (Å²) in [5.41, 5.74) is 5.27. The summed E-state index contributed by atoms with van der Waals surface area (Å²) in [5, 5.41) is 0. The molecule has 7 heteroatoms. The van der Waals surface area contributed by atoms with E-state index in [0.29, 0.717) is 32.5 Å². The normalized spacial score (nSPS) is 28.4. The number of nitrogens with two attached hydrogens (primary N) is 1. The summed E-state index contributed by atoms with van der Waals surface area (Å²) in [6, 6.07) is 0.0765. The molecule has 1 atom stereocenters. The highest BCUT2D eigenvalue weighted by Crippen LogP contribution is 2.26. The van der Waals surface area contributed by atoms with Gasteiger partial charge in [0.25, 0.3) is 10.2 Å². The largest absolute Gasteiger partial charge is 0.369 e. The Balaban J connectivity index is 2.03. The van der Waals surface area contributed by atoms with E-state index in [1.54, 1.807) is 4.31 Å². The molecular formula is C12H23N3O3S. The van der Waals surface area contributed by atoms with Crippen LogP contribution >= 0.6 is 0 Å². The number of piperidine rings is 2. The standard InChI is InChI=1S/C12H23N3O3S/c1-10-4-2-3-7-15(10)19(17,18)14-8-5-11(6-9-14)12(13)16/h10-11H,2-9H2,1H3,(H2,13,16). The van der Waals surface area contributed by atoms with E-state index >= 15 is 0 Å². The molecule has 2 fully saturated rings. The van der Waals surface area contributed by atoms with Crippen molar-refractivity contribution in [2.75, 3.05) is 19.6 Å². The lowest BCUT2D eigenvalue weighted by molar-refractivity contribution is -0.122. The van der Waals surface area contributed by atoms with Gasteiger partial charge in [0.1, 0.15) is 0 Å². The Morgan fingerprint density at radius 1 is 1.11 bits per heavy atom. The highest BCUT2D eigenvalue weighted by atomic mass is 32.2. The molecule has 2 aliphatic heterocycles. The fourth-order valence-corrected chi connectivity index (χ4v) is 4.82. The fourth-order valence-electron chi connectivity index (χ4n) is 2.93. The lowest BCUT2D eigenvalue weighted by Gasteiger charge is -2.38. The maximum atomic E-state index is 12.6. The van der Waals surface area contributed by atoms with Gasteiger partial charge in [0.05, 0.1) is 0 Å². The minimum Gasteiger partial charge on any atom is -0.369 e. The fraction of sp³-hybridized carbons (Fsp3) is 0.917. The maximum absolute atomic E-state index is 12.6. The third-order valence-electron chi connectivity index (χ3n) is 4.22. The molecule has 2 rings (SSSR count). The van der Waals surface area contributed by atoms with E-state index in [-0.39, 0.29) is 17.9 Å². The third kappa shape index (κ3) is 3.09. The molecule has 0 aromatic heterocycles. The molecule has 0 aromatic carbocycles. The Morgan fingerprint density at radius 2 is 1.74 bits per heavy atom. The summed E-state index contributed by atoms with van der Waals surface area (Å²) in [6.45, 7) is 3.38. The molecule has 2 N–H and O–H groups in total. The van der Waals surface area contributed by atoms with Crippen molar-refractivity contribution in [1.82, 2.24) is 8.61 Å². The minimum absolute atomic E-state index is 0.0765. The first-order valence-electron chi connectivity index (χ1n) is 6.99. The lowest BCUT2D eigenvalue weighted by Crippen LogP contribution is -2.52. The molecule has 2 aliphatic rings. The van der Waals surface area contributed by atoms with Gasteiger partial charge in [-0.2, -0.15) is 17.0 Å². The van der Waals surface area contributed by atoms with Crippen LogP contribution in [0.15, 0.2) is 0 Å². The van der Waals surface area contributed by atoms with Gasteiger partial charge in [-0.3, -0.25) is 4.79 Å². The van der Waals surface area contributed by atoms with Crippen molar-refractivity contribution < 1.29 is 13.2 Å². The van der Waals surface area contributed by atoms with E-state index in [4.69, 9.17) is 5.73 Å². The van der Waals surface area contributed by atoms with Gasteiger partial charge in [0.2, 0.25) is 5.91 Å². The summed E-state index contributed by atoms with van der Waals surface area (Å²) >= 11 is 0. The molecule has 0 aromatic rings. The summed E-state index contributed by atoms with van der Waals surface area (Å²) in [5.74, 6) is -0.492. The zero-order chi connectivity index (χ0) is 14.0. The predicted octanol–water partition coefficient (Wildman–Crippen LogP) is 0.303. The number of carbonyl (C=O) groups excluding carboxylic acids is 1. The first-order chi connectivity index (χ1) is 8.93. The van der Waals surface area contributed by atoms with Crippen LogP contribution in [0.4, 0.5) is 0 Å². The molecule has 1 unspecified atom stereocenters. The quantitative estimate of drug-likeness (QED) is 0.811. The Kier molecular flexibility index (Phi) is 4.47. The molecule has 0 bridgehead atoms.